The lowest BCUT2D eigenvalue weighted by atomic mass is 9.82. The lowest BCUT2D eigenvalue weighted by Crippen LogP contribution is -2.37. The number of aliphatic hydroxyl groups is 1. The Morgan fingerprint density at radius 2 is 1.61 bits per heavy atom. The molecule has 1 saturated carbocycles. The topological polar surface area (TPSA) is 52.5 Å². The maximum Gasteiger partial charge on any atom is 0.134 e. The van der Waals surface area contributed by atoms with Crippen LogP contribution < -0.4 is 9.80 Å². The number of piperidine rings is 1. The second kappa shape index (κ2) is 6.63. The third-order valence-electron chi connectivity index (χ3n) is 6.04. The summed E-state index contributed by atoms with van der Waals surface area (Å²) in [6, 6.07) is 2.16. The van der Waals surface area contributed by atoms with Crippen LogP contribution in [0, 0.1) is 17.8 Å². The molecule has 0 spiro atoms. The van der Waals surface area contributed by atoms with E-state index in [1.54, 1.807) is 6.33 Å². The standard InChI is InChI=1S/C18H28N4O/c23-12-14-4-3-7-21(9-14)17-8-18(20-13-19-17)22-10-15-5-1-2-6-16(15)11-22/h8,13-16,23H,1-7,9-12H2. The van der Waals surface area contributed by atoms with Gasteiger partial charge in [0.2, 0.25) is 0 Å². The molecule has 126 valence electrons. The van der Waals surface area contributed by atoms with Crippen LogP contribution >= 0.6 is 0 Å². The van der Waals surface area contributed by atoms with Crippen molar-refractivity contribution in [3.05, 3.63) is 12.4 Å². The molecule has 3 atom stereocenters. The quantitative estimate of drug-likeness (QED) is 0.927. The summed E-state index contributed by atoms with van der Waals surface area (Å²) in [5, 5.41) is 9.43. The Balaban J connectivity index is 1.48. The van der Waals surface area contributed by atoms with Crippen molar-refractivity contribution in [3.8, 4) is 0 Å². The number of rotatable bonds is 3. The van der Waals surface area contributed by atoms with E-state index in [4.69, 9.17) is 0 Å². The molecule has 1 aliphatic carbocycles. The summed E-state index contributed by atoms with van der Waals surface area (Å²) in [6.07, 6.45) is 9.57. The lowest BCUT2D eigenvalue weighted by Gasteiger charge is -2.33. The van der Waals surface area contributed by atoms with Gasteiger partial charge in [-0.15, -0.1) is 0 Å². The minimum atomic E-state index is 0.282. The zero-order chi connectivity index (χ0) is 15.6. The van der Waals surface area contributed by atoms with Crippen molar-refractivity contribution in [1.82, 2.24) is 9.97 Å². The van der Waals surface area contributed by atoms with E-state index in [9.17, 15) is 5.11 Å². The molecule has 0 bridgehead atoms. The van der Waals surface area contributed by atoms with Crippen molar-refractivity contribution in [2.45, 2.75) is 38.5 Å². The Hall–Kier alpha value is -1.36. The van der Waals surface area contributed by atoms with Crippen molar-refractivity contribution in [3.63, 3.8) is 0 Å². The molecule has 0 aromatic carbocycles. The van der Waals surface area contributed by atoms with Crippen LogP contribution in [0.1, 0.15) is 38.5 Å². The Kier molecular flexibility index (Phi) is 4.38. The summed E-state index contributed by atoms with van der Waals surface area (Å²) in [5.74, 6) is 4.25. The normalized spacial score (nSPS) is 31.3. The van der Waals surface area contributed by atoms with Crippen molar-refractivity contribution < 1.29 is 5.11 Å². The van der Waals surface area contributed by atoms with Crippen molar-refractivity contribution in [1.29, 1.82) is 0 Å². The molecule has 2 aliphatic heterocycles. The fraction of sp³-hybridized carbons (Fsp3) is 0.778. The molecular formula is C18H28N4O. The maximum absolute atomic E-state index is 9.43. The lowest BCUT2D eigenvalue weighted by molar-refractivity contribution is 0.208. The van der Waals surface area contributed by atoms with Gasteiger partial charge in [-0.3, -0.25) is 0 Å². The summed E-state index contributed by atoms with van der Waals surface area (Å²) in [5.41, 5.74) is 0. The van der Waals surface area contributed by atoms with Crippen LogP contribution in [0.15, 0.2) is 12.4 Å². The first kappa shape index (κ1) is 15.2. The predicted octanol–water partition coefficient (Wildman–Crippen LogP) is 2.31. The highest BCUT2D eigenvalue weighted by Crippen LogP contribution is 2.38. The molecular weight excluding hydrogens is 288 g/mol. The van der Waals surface area contributed by atoms with Crippen LogP contribution in [-0.4, -0.2) is 47.9 Å². The summed E-state index contributed by atoms with van der Waals surface area (Å²) in [4.78, 5) is 13.8. The molecule has 2 saturated heterocycles. The number of anilines is 2. The van der Waals surface area contributed by atoms with Gasteiger partial charge in [0.1, 0.15) is 18.0 Å². The van der Waals surface area contributed by atoms with Crippen molar-refractivity contribution >= 4 is 11.6 Å². The highest BCUT2D eigenvalue weighted by molar-refractivity contribution is 5.51. The molecule has 3 unspecified atom stereocenters. The van der Waals surface area contributed by atoms with E-state index in [1.807, 2.05) is 0 Å². The third-order valence-corrected chi connectivity index (χ3v) is 6.04. The van der Waals surface area contributed by atoms with Crippen LogP contribution in [0.25, 0.3) is 0 Å². The largest absolute Gasteiger partial charge is 0.396 e. The summed E-state index contributed by atoms with van der Waals surface area (Å²) >= 11 is 0. The van der Waals surface area contributed by atoms with Gasteiger partial charge in [-0.25, -0.2) is 9.97 Å². The molecule has 1 N–H and O–H groups in total. The van der Waals surface area contributed by atoms with Crippen molar-refractivity contribution in [2.24, 2.45) is 17.8 Å². The monoisotopic (exact) mass is 316 g/mol. The van der Waals surface area contributed by atoms with E-state index in [1.165, 1.54) is 38.8 Å². The molecule has 0 amide bonds. The fourth-order valence-electron chi connectivity index (χ4n) is 4.70. The SMILES string of the molecule is OCC1CCCN(c2cc(N3CC4CCCCC4C3)ncn2)C1. The molecule has 3 aliphatic rings. The van der Waals surface area contributed by atoms with Gasteiger partial charge in [0.15, 0.2) is 0 Å². The Labute approximate surface area is 138 Å². The first-order chi connectivity index (χ1) is 11.3. The average Bonchev–Trinajstić information content (AvgIpc) is 3.06. The zero-order valence-electron chi connectivity index (χ0n) is 13.9. The van der Waals surface area contributed by atoms with Gasteiger partial charge >= 0.3 is 0 Å². The van der Waals surface area contributed by atoms with Crippen LogP contribution in [0.3, 0.4) is 0 Å². The van der Waals surface area contributed by atoms with E-state index in [-0.39, 0.29) is 6.61 Å². The first-order valence-corrected chi connectivity index (χ1v) is 9.26. The minimum Gasteiger partial charge on any atom is -0.396 e. The number of aliphatic hydroxyl groups excluding tert-OH is 1. The van der Waals surface area contributed by atoms with Gasteiger partial charge in [0.05, 0.1) is 0 Å². The molecule has 23 heavy (non-hydrogen) atoms. The number of nitrogens with zero attached hydrogens (tertiary/aromatic N) is 4. The van der Waals surface area contributed by atoms with E-state index in [0.717, 1.165) is 49.4 Å². The number of fused-ring (bicyclic) bond motifs is 1. The smallest absolute Gasteiger partial charge is 0.134 e. The van der Waals surface area contributed by atoms with Gasteiger partial charge in [-0.2, -0.15) is 0 Å². The summed E-state index contributed by atoms with van der Waals surface area (Å²) in [6.45, 7) is 4.57. The van der Waals surface area contributed by atoms with Gasteiger partial charge in [-0.05, 0) is 43.4 Å². The number of hydrogen-bond acceptors (Lipinski definition) is 5. The van der Waals surface area contributed by atoms with Crippen LogP contribution in [0.4, 0.5) is 11.6 Å². The Morgan fingerprint density at radius 3 is 2.30 bits per heavy atom. The predicted molar refractivity (Wildman–Crippen MR) is 91.7 cm³/mol. The maximum atomic E-state index is 9.43. The molecule has 5 nitrogen and oxygen atoms in total. The van der Waals surface area contributed by atoms with Crippen LogP contribution in [-0.2, 0) is 0 Å². The molecule has 1 aromatic heterocycles. The van der Waals surface area contributed by atoms with E-state index in [0.29, 0.717) is 5.92 Å². The summed E-state index contributed by atoms with van der Waals surface area (Å²) < 4.78 is 0. The molecule has 3 heterocycles. The Morgan fingerprint density at radius 1 is 0.913 bits per heavy atom. The highest BCUT2D eigenvalue weighted by Gasteiger charge is 2.35. The fourth-order valence-corrected chi connectivity index (χ4v) is 4.70. The average molecular weight is 316 g/mol. The van der Waals surface area contributed by atoms with Gasteiger partial charge < -0.3 is 14.9 Å². The second-order valence-corrected chi connectivity index (χ2v) is 7.58. The Bertz CT molecular complexity index is 524. The first-order valence-electron chi connectivity index (χ1n) is 9.26. The van der Waals surface area contributed by atoms with Crippen LogP contribution in [0.2, 0.25) is 0 Å². The van der Waals surface area contributed by atoms with Crippen molar-refractivity contribution in [2.75, 3.05) is 42.6 Å². The van der Waals surface area contributed by atoms with Gasteiger partial charge in [0, 0.05) is 38.9 Å². The highest BCUT2D eigenvalue weighted by atomic mass is 16.3. The third kappa shape index (κ3) is 3.16. The van der Waals surface area contributed by atoms with Gasteiger partial charge in [0.25, 0.3) is 0 Å². The molecule has 1 aromatic rings. The van der Waals surface area contributed by atoms with E-state index >= 15 is 0 Å². The molecule has 3 fully saturated rings. The minimum absolute atomic E-state index is 0.282. The summed E-state index contributed by atoms with van der Waals surface area (Å²) in [7, 11) is 0. The molecule has 4 rings (SSSR count). The number of hydrogen-bond donors (Lipinski definition) is 1. The second-order valence-electron chi connectivity index (χ2n) is 7.58. The van der Waals surface area contributed by atoms with Gasteiger partial charge in [-0.1, -0.05) is 12.8 Å². The molecule has 0 radical (unpaired) electrons. The zero-order valence-corrected chi connectivity index (χ0v) is 13.9. The van der Waals surface area contributed by atoms with E-state index in [2.05, 4.69) is 25.8 Å². The molecule has 5 heteroatoms. The van der Waals surface area contributed by atoms with E-state index < -0.39 is 0 Å². The van der Waals surface area contributed by atoms with Crippen LogP contribution in [0.5, 0.6) is 0 Å². The number of aromatic nitrogens is 2.